The van der Waals surface area contributed by atoms with Gasteiger partial charge in [-0.1, -0.05) is 12.1 Å². The molecule has 4 heteroatoms. The molecule has 0 aliphatic heterocycles. The molecule has 0 amide bonds. The van der Waals surface area contributed by atoms with E-state index in [4.69, 9.17) is 5.41 Å². The molecule has 70 valence electrons. The molecule has 1 aromatic carbocycles. The van der Waals surface area contributed by atoms with Crippen LogP contribution in [-0.2, 0) is 0 Å². The van der Waals surface area contributed by atoms with Crippen LogP contribution >= 0.6 is 0 Å². The van der Waals surface area contributed by atoms with Crippen LogP contribution in [0.5, 0.6) is 0 Å². The molecule has 0 aliphatic carbocycles. The van der Waals surface area contributed by atoms with Gasteiger partial charge in [0.2, 0.25) is 0 Å². The van der Waals surface area contributed by atoms with Gasteiger partial charge in [-0.3, -0.25) is 0 Å². The molecule has 0 aliphatic rings. The van der Waals surface area contributed by atoms with Crippen LogP contribution < -0.4 is 5.11 Å². The Morgan fingerprint density at radius 1 is 1.29 bits per heavy atom. The monoisotopic (exact) mass is 186 g/mol. The van der Waals surface area contributed by atoms with E-state index in [1.54, 1.807) is 36.8 Å². The fourth-order valence-corrected chi connectivity index (χ4v) is 1.20. The van der Waals surface area contributed by atoms with Crippen molar-refractivity contribution in [1.82, 2.24) is 9.55 Å². The summed E-state index contributed by atoms with van der Waals surface area (Å²) in [5, 5.41) is 17.6. The Balaban J connectivity index is 2.36. The van der Waals surface area contributed by atoms with E-state index in [1.165, 1.54) is 0 Å². The van der Waals surface area contributed by atoms with Gasteiger partial charge >= 0.3 is 0 Å². The molecule has 1 N–H and O–H groups in total. The van der Waals surface area contributed by atoms with Crippen molar-refractivity contribution in [3.05, 3.63) is 48.5 Å². The maximum atomic E-state index is 10.7. The van der Waals surface area contributed by atoms with Crippen LogP contribution in [0.15, 0.2) is 43.0 Å². The molecule has 0 spiro atoms. The number of nitrogens with one attached hydrogen (secondary N) is 1. The highest BCUT2D eigenvalue weighted by molar-refractivity contribution is 5.88. The van der Waals surface area contributed by atoms with E-state index in [0.717, 1.165) is 5.69 Å². The third-order valence-electron chi connectivity index (χ3n) is 1.93. The molecular weight excluding hydrogens is 178 g/mol. The van der Waals surface area contributed by atoms with Crippen molar-refractivity contribution < 1.29 is 5.11 Å². The maximum Gasteiger partial charge on any atom is 0.0991 e. The third kappa shape index (κ3) is 1.50. The lowest BCUT2D eigenvalue weighted by Gasteiger charge is -2.08. The molecule has 4 nitrogen and oxygen atoms in total. The summed E-state index contributed by atoms with van der Waals surface area (Å²) in [5.74, 6) is -0.665. The second-order valence-electron chi connectivity index (χ2n) is 2.85. The van der Waals surface area contributed by atoms with Crippen molar-refractivity contribution in [2.45, 2.75) is 0 Å². The zero-order chi connectivity index (χ0) is 9.97. The number of benzene rings is 1. The van der Waals surface area contributed by atoms with Gasteiger partial charge in [-0.05, 0) is 23.6 Å². The highest BCUT2D eigenvalue weighted by atomic mass is 16.3. The zero-order valence-corrected chi connectivity index (χ0v) is 7.34. The van der Waals surface area contributed by atoms with Gasteiger partial charge in [-0.25, -0.2) is 4.98 Å². The minimum Gasteiger partial charge on any atom is -0.859 e. The highest BCUT2D eigenvalue weighted by Gasteiger charge is 1.95. The van der Waals surface area contributed by atoms with Gasteiger partial charge in [0.05, 0.1) is 6.33 Å². The van der Waals surface area contributed by atoms with E-state index in [1.807, 2.05) is 10.8 Å². The molecule has 0 saturated heterocycles. The zero-order valence-electron chi connectivity index (χ0n) is 7.34. The Kier molecular flexibility index (Phi) is 2.02. The lowest BCUT2D eigenvalue weighted by Crippen LogP contribution is -2.16. The minimum absolute atomic E-state index is 0.397. The Hall–Kier alpha value is -2.10. The molecule has 0 bridgehead atoms. The molecule has 0 saturated carbocycles. The van der Waals surface area contributed by atoms with Crippen molar-refractivity contribution in [2.75, 3.05) is 0 Å². The molecule has 0 unspecified atom stereocenters. The molecule has 0 atom stereocenters. The predicted molar refractivity (Wildman–Crippen MR) is 50.4 cm³/mol. The van der Waals surface area contributed by atoms with Crippen LogP contribution in [0.3, 0.4) is 0 Å². The maximum absolute atomic E-state index is 10.7. The van der Waals surface area contributed by atoms with Gasteiger partial charge in [0.25, 0.3) is 0 Å². The van der Waals surface area contributed by atoms with Crippen LogP contribution in [0.2, 0.25) is 0 Å². The average Bonchev–Trinajstić information content (AvgIpc) is 2.71. The summed E-state index contributed by atoms with van der Waals surface area (Å²) in [6, 6.07) is 6.82. The molecule has 0 radical (unpaired) electrons. The van der Waals surface area contributed by atoms with Crippen LogP contribution in [0.4, 0.5) is 0 Å². The van der Waals surface area contributed by atoms with Gasteiger partial charge in [0, 0.05) is 18.1 Å². The van der Waals surface area contributed by atoms with Crippen LogP contribution in [0.1, 0.15) is 5.56 Å². The molecule has 2 rings (SSSR count). The van der Waals surface area contributed by atoms with Crippen molar-refractivity contribution in [1.29, 1.82) is 5.41 Å². The second-order valence-corrected chi connectivity index (χ2v) is 2.85. The smallest absolute Gasteiger partial charge is 0.0991 e. The molecule has 1 heterocycles. The predicted octanol–water partition coefficient (Wildman–Crippen LogP) is 0.558. The van der Waals surface area contributed by atoms with Crippen molar-refractivity contribution >= 4 is 5.90 Å². The van der Waals surface area contributed by atoms with Crippen molar-refractivity contribution in [3.8, 4) is 5.69 Å². The van der Waals surface area contributed by atoms with Gasteiger partial charge in [0.1, 0.15) is 0 Å². The summed E-state index contributed by atoms with van der Waals surface area (Å²) in [5.41, 5.74) is 1.32. The largest absolute Gasteiger partial charge is 0.859 e. The number of nitrogens with zero attached hydrogens (tertiary/aromatic N) is 2. The average molecular weight is 186 g/mol. The summed E-state index contributed by atoms with van der Waals surface area (Å²) in [7, 11) is 0. The van der Waals surface area contributed by atoms with Gasteiger partial charge < -0.3 is 15.1 Å². The summed E-state index contributed by atoms with van der Waals surface area (Å²) in [6.45, 7) is 0. The van der Waals surface area contributed by atoms with E-state index < -0.39 is 5.90 Å². The van der Waals surface area contributed by atoms with E-state index in [0.29, 0.717) is 5.56 Å². The lowest BCUT2D eigenvalue weighted by atomic mass is 10.2. The summed E-state index contributed by atoms with van der Waals surface area (Å²) >= 11 is 0. The Morgan fingerprint density at radius 2 is 2.00 bits per heavy atom. The fraction of sp³-hybridized carbons (Fsp3) is 0. The first-order chi connectivity index (χ1) is 6.77. The lowest BCUT2D eigenvalue weighted by molar-refractivity contribution is -0.214. The molecule has 1 aromatic heterocycles. The molecular formula is C10H8N3O-. The van der Waals surface area contributed by atoms with E-state index in [9.17, 15) is 5.11 Å². The van der Waals surface area contributed by atoms with Crippen LogP contribution in [-0.4, -0.2) is 15.4 Å². The topological polar surface area (TPSA) is 64.7 Å². The van der Waals surface area contributed by atoms with E-state index in [-0.39, 0.29) is 0 Å². The Morgan fingerprint density at radius 3 is 2.50 bits per heavy atom. The van der Waals surface area contributed by atoms with E-state index >= 15 is 0 Å². The number of hydrogen-bond acceptors (Lipinski definition) is 3. The third-order valence-corrected chi connectivity index (χ3v) is 1.93. The summed E-state index contributed by atoms with van der Waals surface area (Å²) in [4.78, 5) is 3.92. The fourth-order valence-electron chi connectivity index (χ4n) is 1.20. The summed E-state index contributed by atoms with van der Waals surface area (Å²) in [6.07, 6.45) is 5.18. The summed E-state index contributed by atoms with van der Waals surface area (Å²) < 4.78 is 1.83. The molecule has 0 fully saturated rings. The minimum atomic E-state index is -0.665. The first-order valence-electron chi connectivity index (χ1n) is 4.12. The van der Waals surface area contributed by atoms with Crippen molar-refractivity contribution in [2.24, 2.45) is 0 Å². The van der Waals surface area contributed by atoms with Gasteiger partial charge in [-0.2, -0.15) is 0 Å². The van der Waals surface area contributed by atoms with Crippen LogP contribution in [0.25, 0.3) is 5.69 Å². The first-order valence-corrected chi connectivity index (χ1v) is 4.12. The SMILES string of the molecule is N=C([O-])c1ccc(-n2ccnc2)cc1. The number of hydrogen-bond donors (Lipinski definition) is 1. The normalized spacial score (nSPS) is 10.0. The van der Waals surface area contributed by atoms with Gasteiger partial charge in [-0.15, -0.1) is 0 Å². The van der Waals surface area contributed by atoms with Crippen LogP contribution in [0, 0.1) is 5.41 Å². The quantitative estimate of drug-likeness (QED) is 0.550. The first kappa shape index (κ1) is 8.50. The highest BCUT2D eigenvalue weighted by Crippen LogP contribution is 2.08. The van der Waals surface area contributed by atoms with Crippen molar-refractivity contribution in [3.63, 3.8) is 0 Å². The standard InChI is InChI=1S/C10H9N3O/c11-10(14)8-1-3-9(4-2-8)13-6-5-12-7-13/h1-7H,(H2,11,14)/p-1. The number of imidazole rings is 1. The Bertz CT molecular complexity index is 431. The van der Waals surface area contributed by atoms with Gasteiger partial charge in [0.15, 0.2) is 0 Å². The number of aromatic nitrogens is 2. The second kappa shape index (κ2) is 3.33. The number of rotatable bonds is 2. The molecule has 2 aromatic rings. The Labute approximate surface area is 81.0 Å². The molecule has 14 heavy (non-hydrogen) atoms. The van der Waals surface area contributed by atoms with E-state index in [2.05, 4.69) is 4.98 Å².